The summed E-state index contributed by atoms with van der Waals surface area (Å²) in [5.41, 5.74) is 1.84. The van der Waals surface area contributed by atoms with Crippen LogP contribution in [0.2, 0.25) is 0 Å². The lowest BCUT2D eigenvalue weighted by atomic mass is 10.1. The molecule has 1 aromatic carbocycles. The Labute approximate surface area is 221 Å². The average molecular weight is 531 g/mol. The van der Waals surface area contributed by atoms with Crippen LogP contribution in [0.25, 0.3) is 0 Å². The first kappa shape index (κ1) is 28.6. The van der Waals surface area contributed by atoms with Gasteiger partial charge in [-0.15, -0.1) is 0 Å². The molecule has 2 N–H and O–H groups in total. The van der Waals surface area contributed by atoms with E-state index in [4.69, 9.17) is 9.47 Å². The van der Waals surface area contributed by atoms with Crippen molar-refractivity contribution in [3.8, 4) is 0 Å². The van der Waals surface area contributed by atoms with Gasteiger partial charge in [-0.1, -0.05) is 19.1 Å². The normalized spacial score (nSPS) is 13.5. The molecule has 0 bridgehead atoms. The zero-order valence-electron chi connectivity index (χ0n) is 22.0. The van der Waals surface area contributed by atoms with E-state index in [-0.39, 0.29) is 18.8 Å². The number of amides is 4. The van der Waals surface area contributed by atoms with Crippen molar-refractivity contribution < 1.29 is 28.2 Å². The van der Waals surface area contributed by atoms with Crippen molar-refractivity contribution in [1.82, 2.24) is 19.7 Å². The minimum Gasteiger partial charge on any atom is -0.449 e. The van der Waals surface area contributed by atoms with Gasteiger partial charge in [0.25, 0.3) is 0 Å². The number of hydrogen-bond acceptors (Lipinski definition) is 7. The number of benzene rings is 1. The van der Waals surface area contributed by atoms with Crippen LogP contribution in [0.15, 0.2) is 36.5 Å². The van der Waals surface area contributed by atoms with Crippen molar-refractivity contribution in [1.29, 1.82) is 0 Å². The van der Waals surface area contributed by atoms with Gasteiger partial charge in [0.1, 0.15) is 6.61 Å². The number of nitrogens with zero attached hydrogens (tertiary/aromatic N) is 4. The summed E-state index contributed by atoms with van der Waals surface area (Å²) >= 11 is 0. The molecule has 2 aromatic rings. The van der Waals surface area contributed by atoms with Crippen LogP contribution in [0.3, 0.4) is 0 Å². The van der Waals surface area contributed by atoms with Gasteiger partial charge in [0, 0.05) is 51.0 Å². The van der Waals surface area contributed by atoms with Crippen molar-refractivity contribution in [2.45, 2.75) is 26.8 Å². The Morgan fingerprint density at radius 2 is 1.82 bits per heavy atom. The van der Waals surface area contributed by atoms with E-state index in [0.717, 1.165) is 12.1 Å². The Hall–Kier alpha value is -3.93. The second-order valence-corrected chi connectivity index (χ2v) is 8.96. The van der Waals surface area contributed by atoms with Gasteiger partial charge in [-0.05, 0) is 31.5 Å². The molecular weight excluding hydrogens is 495 g/mol. The van der Waals surface area contributed by atoms with Gasteiger partial charge in [0.2, 0.25) is 0 Å². The molecule has 38 heavy (non-hydrogen) atoms. The highest BCUT2D eigenvalue weighted by atomic mass is 19.1. The molecule has 4 amide bonds. The molecule has 0 atom stereocenters. The van der Waals surface area contributed by atoms with Gasteiger partial charge in [0.05, 0.1) is 30.7 Å². The number of carbonyl (C=O) groups excluding carboxylic acids is 3. The summed E-state index contributed by atoms with van der Waals surface area (Å²) in [5.74, 6) is -0.506. The summed E-state index contributed by atoms with van der Waals surface area (Å²) in [6.07, 6.45) is 1.36. The number of aryl methyl sites for hydroxylation is 1. The molecule has 2 heterocycles. The predicted molar refractivity (Wildman–Crippen MR) is 140 cm³/mol. The molecule has 0 aliphatic carbocycles. The molecule has 0 radical (unpaired) electrons. The second-order valence-electron chi connectivity index (χ2n) is 8.96. The van der Waals surface area contributed by atoms with Gasteiger partial charge < -0.3 is 29.9 Å². The molecule has 11 nitrogen and oxygen atoms in total. The minimum absolute atomic E-state index is 0.0653. The molecule has 0 spiro atoms. The van der Waals surface area contributed by atoms with Crippen LogP contribution in [-0.2, 0) is 16.0 Å². The number of nitrogens with one attached hydrogen (secondary N) is 2. The highest BCUT2D eigenvalue weighted by molar-refractivity contribution is 5.99. The van der Waals surface area contributed by atoms with Gasteiger partial charge in [-0.25, -0.2) is 18.8 Å². The first-order valence-electron chi connectivity index (χ1n) is 12.6. The smallest absolute Gasteiger partial charge is 0.409 e. The van der Waals surface area contributed by atoms with E-state index in [1.54, 1.807) is 36.2 Å². The monoisotopic (exact) mass is 530 g/mol. The van der Waals surface area contributed by atoms with E-state index in [0.29, 0.717) is 50.6 Å². The highest BCUT2D eigenvalue weighted by Crippen LogP contribution is 2.21. The molecule has 1 aliphatic rings. The Bertz CT molecular complexity index is 1090. The molecule has 0 saturated carbocycles. The zero-order chi connectivity index (χ0) is 27.5. The molecule has 3 rings (SSSR count). The van der Waals surface area contributed by atoms with Gasteiger partial charge >= 0.3 is 18.2 Å². The molecule has 1 aliphatic heterocycles. The maximum atomic E-state index is 15.1. The molecule has 206 valence electrons. The summed E-state index contributed by atoms with van der Waals surface area (Å²) in [7, 11) is 1.59. The number of aromatic nitrogens is 1. The van der Waals surface area contributed by atoms with Crippen LogP contribution in [0.4, 0.5) is 30.1 Å². The maximum Gasteiger partial charge on any atom is 0.409 e. The maximum absolute atomic E-state index is 15.1. The summed E-state index contributed by atoms with van der Waals surface area (Å²) in [6, 6.07) is 7.77. The van der Waals surface area contributed by atoms with E-state index in [1.165, 1.54) is 17.2 Å². The summed E-state index contributed by atoms with van der Waals surface area (Å²) in [5, 5.41) is 5.17. The number of hydrogen-bond donors (Lipinski definition) is 2. The van der Waals surface area contributed by atoms with E-state index >= 15 is 4.39 Å². The molecule has 1 saturated heterocycles. The summed E-state index contributed by atoms with van der Waals surface area (Å²) < 4.78 is 25.4. The lowest BCUT2D eigenvalue weighted by Gasteiger charge is -2.34. The van der Waals surface area contributed by atoms with Crippen molar-refractivity contribution in [2.24, 2.45) is 0 Å². The van der Waals surface area contributed by atoms with Gasteiger partial charge in [0.15, 0.2) is 5.82 Å². The van der Waals surface area contributed by atoms with Crippen LogP contribution < -0.4 is 10.6 Å². The first-order valence-corrected chi connectivity index (χ1v) is 12.6. The molecule has 12 heteroatoms. The predicted octanol–water partition coefficient (Wildman–Crippen LogP) is 3.91. The largest absolute Gasteiger partial charge is 0.449 e. The number of pyridine rings is 1. The van der Waals surface area contributed by atoms with Crippen molar-refractivity contribution in [3.63, 3.8) is 0 Å². The Kier molecular flexibility index (Phi) is 10.6. The van der Waals surface area contributed by atoms with E-state index in [9.17, 15) is 14.4 Å². The quantitative estimate of drug-likeness (QED) is 0.505. The minimum atomic E-state index is -0.567. The number of halogens is 1. The number of anilines is 2. The van der Waals surface area contributed by atoms with Crippen molar-refractivity contribution >= 4 is 29.6 Å². The van der Waals surface area contributed by atoms with Gasteiger partial charge in [-0.2, -0.15) is 0 Å². The fourth-order valence-electron chi connectivity index (χ4n) is 3.71. The average Bonchev–Trinajstić information content (AvgIpc) is 2.91. The summed E-state index contributed by atoms with van der Waals surface area (Å²) in [6.45, 7) is 6.66. The van der Waals surface area contributed by atoms with E-state index < -0.39 is 24.0 Å². The second kappa shape index (κ2) is 14.1. The topological polar surface area (TPSA) is 116 Å². The van der Waals surface area contributed by atoms with Crippen molar-refractivity contribution in [3.05, 3.63) is 53.6 Å². The number of likely N-dealkylation sites (N-methyl/N-ethyl adjacent to an activating group) is 1. The van der Waals surface area contributed by atoms with Crippen LogP contribution in [0.5, 0.6) is 0 Å². The van der Waals surface area contributed by atoms with Gasteiger partial charge in [-0.3, -0.25) is 9.88 Å². The highest BCUT2D eigenvalue weighted by Gasteiger charge is 2.23. The third-order valence-corrected chi connectivity index (χ3v) is 5.91. The summed E-state index contributed by atoms with van der Waals surface area (Å²) in [4.78, 5) is 45.5. The molecule has 0 unspecified atom stereocenters. The third kappa shape index (κ3) is 8.58. The number of carbonyl (C=O) groups is 3. The molecule has 1 aromatic heterocycles. The lowest BCUT2D eigenvalue weighted by Crippen LogP contribution is -2.48. The Morgan fingerprint density at radius 3 is 2.50 bits per heavy atom. The van der Waals surface area contributed by atoms with E-state index in [1.807, 2.05) is 18.7 Å². The van der Waals surface area contributed by atoms with Crippen LogP contribution in [0, 0.1) is 12.7 Å². The SMILES string of the molecule is CCCOC(=O)N(C)CCOC(=O)N1CCN(Cc2cccc(NC(=O)Nc3ccc(C)nc3)c2F)CC1. The van der Waals surface area contributed by atoms with E-state index in [2.05, 4.69) is 15.6 Å². The van der Waals surface area contributed by atoms with Crippen molar-refractivity contribution in [2.75, 3.05) is 63.6 Å². The number of piperazine rings is 1. The fraction of sp³-hybridized carbons (Fsp3) is 0.462. The standard InChI is InChI=1S/C26H35FN6O5/c1-4-15-37-25(35)31(3)14-16-38-26(36)33-12-10-32(11-13-33)18-20-6-5-7-22(23(20)27)30-24(34)29-21-9-8-19(2)28-17-21/h5-9,17H,4,10-16,18H2,1-3H3,(H2,29,30,34). The lowest BCUT2D eigenvalue weighted by molar-refractivity contribution is 0.0642. The molecular formula is C26H35FN6O5. The number of rotatable bonds is 9. The zero-order valence-corrected chi connectivity index (χ0v) is 22.0. The number of urea groups is 1. The first-order chi connectivity index (χ1) is 18.3. The Balaban J connectivity index is 1.43. The Morgan fingerprint density at radius 1 is 1.05 bits per heavy atom. The van der Waals surface area contributed by atoms with Crippen LogP contribution in [0.1, 0.15) is 24.6 Å². The van der Waals surface area contributed by atoms with Crippen LogP contribution in [-0.4, -0.2) is 90.9 Å². The molecule has 1 fully saturated rings. The third-order valence-electron chi connectivity index (χ3n) is 5.91. The fourth-order valence-corrected chi connectivity index (χ4v) is 3.71. The number of ether oxygens (including phenoxy) is 2. The van der Waals surface area contributed by atoms with Crippen LogP contribution >= 0.6 is 0 Å².